The molecule has 0 spiro atoms. The van der Waals surface area contributed by atoms with Gasteiger partial charge in [0.05, 0.1) is 6.61 Å². The van der Waals surface area contributed by atoms with Crippen molar-refractivity contribution in [2.75, 3.05) is 32.8 Å². The predicted octanol–water partition coefficient (Wildman–Crippen LogP) is 1.26. The Morgan fingerprint density at radius 3 is 2.41 bits per heavy atom. The van der Waals surface area contributed by atoms with Gasteiger partial charge in [-0.15, -0.1) is 0 Å². The van der Waals surface area contributed by atoms with Crippen molar-refractivity contribution in [2.24, 2.45) is 5.41 Å². The van der Waals surface area contributed by atoms with Crippen LogP contribution in [0, 0.1) is 5.41 Å². The van der Waals surface area contributed by atoms with Crippen molar-refractivity contribution >= 4 is 5.97 Å². The Kier molecular flexibility index (Phi) is 5.40. The van der Waals surface area contributed by atoms with Crippen LogP contribution >= 0.6 is 0 Å². The van der Waals surface area contributed by atoms with Crippen LogP contribution in [0.25, 0.3) is 0 Å². The molecule has 1 unspecified atom stereocenters. The van der Waals surface area contributed by atoms with E-state index in [1.165, 1.54) is 0 Å². The number of esters is 1. The highest BCUT2D eigenvalue weighted by atomic mass is 16.5. The van der Waals surface area contributed by atoms with Crippen molar-refractivity contribution < 1.29 is 9.53 Å². The molecule has 0 aromatic carbocycles. The lowest BCUT2D eigenvalue weighted by atomic mass is 9.87. The first-order chi connectivity index (χ1) is 7.94. The quantitative estimate of drug-likeness (QED) is 0.754. The third-order valence-corrected chi connectivity index (χ3v) is 2.96. The van der Waals surface area contributed by atoms with Crippen molar-refractivity contribution in [1.29, 1.82) is 0 Å². The molecule has 100 valence electrons. The number of rotatable bonds is 4. The van der Waals surface area contributed by atoms with Crippen molar-refractivity contribution in [3.63, 3.8) is 0 Å². The topological polar surface area (TPSA) is 41.6 Å². The molecule has 1 aliphatic heterocycles. The smallest absolute Gasteiger partial charge is 0.323 e. The first-order valence-electron chi connectivity index (χ1n) is 6.55. The Morgan fingerprint density at radius 2 is 1.94 bits per heavy atom. The molecule has 0 amide bonds. The summed E-state index contributed by atoms with van der Waals surface area (Å²) in [4.78, 5) is 14.3. The average Bonchev–Trinajstić information content (AvgIpc) is 2.26. The molecule has 1 N–H and O–H groups in total. The van der Waals surface area contributed by atoms with Crippen LogP contribution in [0.4, 0.5) is 0 Å². The van der Waals surface area contributed by atoms with Gasteiger partial charge in [-0.05, 0) is 18.8 Å². The molecule has 4 heteroatoms. The Morgan fingerprint density at radius 1 is 1.35 bits per heavy atom. The van der Waals surface area contributed by atoms with E-state index in [-0.39, 0.29) is 17.4 Å². The van der Waals surface area contributed by atoms with Gasteiger partial charge in [-0.3, -0.25) is 9.69 Å². The Labute approximate surface area is 105 Å². The van der Waals surface area contributed by atoms with E-state index in [0.29, 0.717) is 6.61 Å². The first kappa shape index (κ1) is 14.5. The average molecular weight is 242 g/mol. The van der Waals surface area contributed by atoms with E-state index >= 15 is 0 Å². The zero-order chi connectivity index (χ0) is 12.9. The summed E-state index contributed by atoms with van der Waals surface area (Å²) in [6, 6.07) is -0.0861. The minimum atomic E-state index is -0.0861. The van der Waals surface area contributed by atoms with Crippen molar-refractivity contribution in [1.82, 2.24) is 10.2 Å². The number of carbonyl (C=O) groups excluding carboxylic acids is 1. The molecule has 1 atom stereocenters. The minimum Gasteiger partial charge on any atom is -0.465 e. The van der Waals surface area contributed by atoms with Gasteiger partial charge in [-0.25, -0.2) is 0 Å². The molecule has 0 saturated carbocycles. The molecular weight excluding hydrogens is 216 g/mol. The molecule has 0 bridgehead atoms. The lowest BCUT2D eigenvalue weighted by Crippen LogP contribution is -2.52. The zero-order valence-electron chi connectivity index (χ0n) is 11.6. The number of ether oxygens (including phenoxy) is 1. The summed E-state index contributed by atoms with van der Waals surface area (Å²) in [6.45, 7) is 12.6. The molecule has 4 nitrogen and oxygen atoms in total. The molecule has 1 rings (SSSR count). The van der Waals surface area contributed by atoms with Crippen molar-refractivity contribution in [3.8, 4) is 0 Å². The third kappa shape index (κ3) is 5.04. The van der Waals surface area contributed by atoms with Crippen LogP contribution in [0.15, 0.2) is 0 Å². The second-order valence-corrected chi connectivity index (χ2v) is 5.82. The monoisotopic (exact) mass is 242 g/mol. The van der Waals surface area contributed by atoms with E-state index in [9.17, 15) is 4.79 Å². The maximum absolute atomic E-state index is 12.0. The second-order valence-electron chi connectivity index (χ2n) is 5.82. The van der Waals surface area contributed by atoms with Gasteiger partial charge in [-0.1, -0.05) is 20.8 Å². The lowest BCUT2D eigenvalue weighted by Gasteiger charge is -2.36. The van der Waals surface area contributed by atoms with E-state index in [4.69, 9.17) is 4.74 Å². The van der Waals surface area contributed by atoms with E-state index < -0.39 is 0 Å². The van der Waals surface area contributed by atoms with Crippen molar-refractivity contribution in [2.45, 2.75) is 40.2 Å². The van der Waals surface area contributed by atoms with Gasteiger partial charge in [0.25, 0.3) is 0 Å². The highest BCUT2D eigenvalue weighted by molar-refractivity contribution is 5.75. The number of hydrogen-bond donors (Lipinski definition) is 1. The van der Waals surface area contributed by atoms with Gasteiger partial charge in [0.2, 0.25) is 0 Å². The molecule has 0 radical (unpaired) electrons. The molecule has 1 heterocycles. The summed E-state index contributed by atoms with van der Waals surface area (Å²) < 4.78 is 5.20. The van der Waals surface area contributed by atoms with Gasteiger partial charge in [0, 0.05) is 26.2 Å². The van der Waals surface area contributed by atoms with Crippen LogP contribution in [0.3, 0.4) is 0 Å². The Bertz CT molecular complexity index is 242. The largest absolute Gasteiger partial charge is 0.465 e. The molecule has 0 aromatic rings. The molecule has 17 heavy (non-hydrogen) atoms. The number of carbonyl (C=O) groups is 1. The summed E-state index contributed by atoms with van der Waals surface area (Å²) in [5, 5.41) is 3.31. The number of nitrogens with zero attached hydrogens (tertiary/aromatic N) is 1. The number of nitrogens with one attached hydrogen (secondary N) is 1. The fraction of sp³-hybridized carbons (Fsp3) is 0.923. The van der Waals surface area contributed by atoms with E-state index in [0.717, 1.165) is 32.6 Å². The predicted molar refractivity (Wildman–Crippen MR) is 68.9 cm³/mol. The highest BCUT2D eigenvalue weighted by Gasteiger charge is 2.31. The zero-order valence-corrected chi connectivity index (χ0v) is 11.6. The van der Waals surface area contributed by atoms with Gasteiger partial charge in [-0.2, -0.15) is 0 Å². The maximum Gasteiger partial charge on any atom is 0.323 e. The van der Waals surface area contributed by atoms with Crippen LogP contribution in [0.5, 0.6) is 0 Å². The normalized spacial score (nSPS) is 20.0. The summed E-state index contributed by atoms with van der Waals surface area (Å²) in [5.74, 6) is -0.0654. The molecule has 0 aliphatic carbocycles. The number of piperazine rings is 1. The first-order valence-corrected chi connectivity index (χ1v) is 6.55. The van der Waals surface area contributed by atoms with Crippen LogP contribution in [0.1, 0.15) is 34.1 Å². The minimum absolute atomic E-state index is 0.0654. The fourth-order valence-corrected chi connectivity index (χ4v) is 2.17. The fourth-order valence-electron chi connectivity index (χ4n) is 2.17. The summed E-state index contributed by atoms with van der Waals surface area (Å²) in [5.41, 5.74) is 0.141. The van der Waals surface area contributed by atoms with Crippen LogP contribution in [-0.4, -0.2) is 49.7 Å². The highest BCUT2D eigenvalue weighted by Crippen LogP contribution is 2.24. The van der Waals surface area contributed by atoms with Gasteiger partial charge in [0.1, 0.15) is 6.04 Å². The van der Waals surface area contributed by atoms with E-state index in [1.807, 2.05) is 6.92 Å². The van der Waals surface area contributed by atoms with Crippen LogP contribution < -0.4 is 5.32 Å². The lowest BCUT2D eigenvalue weighted by molar-refractivity contribution is -0.151. The second kappa shape index (κ2) is 6.36. The molecule has 1 aliphatic rings. The Hall–Kier alpha value is -0.610. The van der Waals surface area contributed by atoms with Gasteiger partial charge >= 0.3 is 5.97 Å². The number of hydrogen-bond acceptors (Lipinski definition) is 4. The van der Waals surface area contributed by atoms with Crippen molar-refractivity contribution in [3.05, 3.63) is 0 Å². The summed E-state index contributed by atoms with van der Waals surface area (Å²) in [6.07, 6.45) is 0.853. The third-order valence-electron chi connectivity index (χ3n) is 2.96. The van der Waals surface area contributed by atoms with E-state index in [1.54, 1.807) is 0 Å². The van der Waals surface area contributed by atoms with Crippen LogP contribution in [0.2, 0.25) is 0 Å². The SMILES string of the molecule is CCOC(=O)C(CC(C)(C)C)N1CCNCC1. The Balaban J connectivity index is 2.66. The maximum atomic E-state index is 12.0. The van der Waals surface area contributed by atoms with E-state index in [2.05, 4.69) is 31.0 Å². The molecular formula is C13H26N2O2. The molecule has 1 saturated heterocycles. The molecule has 1 fully saturated rings. The van der Waals surface area contributed by atoms with Gasteiger partial charge < -0.3 is 10.1 Å². The summed E-state index contributed by atoms with van der Waals surface area (Å²) >= 11 is 0. The standard InChI is InChI=1S/C13H26N2O2/c1-5-17-12(16)11(10-13(2,3)4)15-8-6-14-7-9-15/h11,14H,5-10H2,1-4H3. The molecule has 0 aromatic heterocycles. The van der Waals surface area contributed by atoms with Crippen LogP contribution in [-0.2, 0) is 9.53 Å². The summed E-state index contributed by atoms with van der Waals surface area (Å²) in [7, 11) is 0. The van der Waals surface area contributed by atoms with Gasteiger partial charge in [0.15, 0.2) is 0 Å².